The largest absolute Gasteiger partial charge is 0.268 e. The number of sulfonamides is 1. The van der Waals surface area contributed by atoms with E-state index in [-0.39, 0.29) is 29.4 Å². The molecular formula is C18H16FN3O3S. The Hall–Kier alpha value is -2.84. The number of halogens is 1. The maximum atomic E-state index is 13.0. The molecule has 0 radical (unpaired) electrons. The zero-order chi connectivity index (χ0) is 18.6. The van der Waals surface area contributed by atoms with E-state index in [0.29, 0.717) is 11.3 Å². The summed E-state index contributed by atoms with van der Waals surface area (Å²) in [5.74, 6) is -0.364. The number of nitrogens with one attached hydrogen (secondary N) is 1. The van der Waals surface area contributed by atoms with Crippen LogP contribution in [-0.2, 0) is 16.6 Å². The van der Waals surface area contributed by atoms with E-state index in [9.17, 15) is 17.6 Å². The molecule has 0 atom stereocenters. The molecule has 6 nitrogen and oxygen atoms in total. The zero-order valence-electron chi connectivity index (χ0n) is 13.7. The highest BCUT2D eigenvalue weighted by Gasteiger charge is 2.12. The Morgan fingerprint density at radius 3 is 2.35 bits per heavy atom. The van der Waals surface area contributed by atoms with Crippen molar-refractivity contribution in [2.45, 2.75) is 11.4 Å². The molecule has 26 heavy (non-hydrogen) atoms. The van der Waals surface area contributed by atoms with E-state index in [4.69, 9.17) is 0 Å². The van der Waals surface area contributed by atoms with Gasteiger partial charge in [0.1, 0.15) is 5.82 Å². The van der Waals surface area contributed by atoms with Gasteiger partial charge in [0, 0.05) is 18.2 Å². The molecule has 0 saturated heterocycles. The van der Waals surface area contributed by atoms with E-state index in [1.54, 1.807) is 36.4 Å². The monoisotopic (exact) mass is 373 g/mol. The Morgan fingerprint density at radius 1 is 0.962 bits per heavy atom. The van der Waals surface area contributed by atoms with Gasteiger partial charge in [-0.3, -0.25) is 4.79 Å². The summed E-state index contributed by atoms with van der Waals surface area (Å²) in [5, 5.41) is 4.21. The average Bonchev–Trinajstić information content (AvgIpc) is 2.65. The van der Waals surface area contributed by atoms with Crippen molar-refractivity contribution in [3.8, 4) is 11.3 Å². The van der Waals surface area contributed by atoms with Crippen molar-refractivity contribution in [3.05, 3.63) is 82.9 Å². The van der Waals surface area contributed by atoms with Crippen LogP contribution in [0.3, 0.4) is 0 Å². The van der Waals surface area contributed by atoms with Crippen LogP contribution in [0.1, 0.15) is 0 Å². The highest BCUT2D eigenvalue weighted by molar-refractivity contribution is 7.89. The van der Waals surface area contributed by atoms with Crippen LogP contribution in [0.4, 0.5) is 4.39 Å². The van der Waals surface area contributed by atoms with Crippen LogP contribution in [-0.4, -0.2) is 24.7 Å². The van der Waals surface area contributed by atoms with Crippen molar-refractivity contribution >= 4 is 10.0 Å². The van der Waals surface area contributed by atoms with Gasteiger partial charge >= 0.3 is 0 Å². The fourth-order valence-electron chi connectivity index (χ4n) is 2.35. The van der Waals surface area contributed by atoms with Crippen molar-refractivity contribution in [2.75, 3.05) is 6.54 Å². The standard InChI is InChI=1S/C18H16FN3O3S/c19-15-8-6-14(7-9-15)17-10-11-18(23)22(21-17)13-12-20-26(24,25)16-4-2-1-3-5-16/h1-11,20H,12-13H2. The van der Waals surface area contributed by atoms with Crippen LogP contribution in [0.25, 0.3) is 11.3 Å². The SMILES string of the molecule is O=c1ccc(-c2ccc(F)cc2)nn1CCNS(=O)(=O)c1ccccc1. The van der Waals surface area contributed by atoms with Crippen LogP contribution in [0.15, 0.2) is 76.4 Å². The van der Waals surface area contributed by atoms with E-state index in [1.165, 1.54) is 35.0 Å². The molecule has 0 aliphatic carbocycles. The maximum Gasteiger partial charge on any atom is 0.266 e. The minimum atomic E-state index is -3.65. The Balaban J connectivity index is 1.73. The second-order valence-corrected chi connectivity index (χ2v) is 7.26. The first kappa shape index (κ1) is 18.0. The first-order valence-electron chi connectivity index (χ1n) is 7.84. The quantitative estimate of drug-likeness (QED) is 0.717. The Bertz CT molecular complexity index is 1050. The van der Waals surface area contributed by atoms with E-state index in [1.807, 2.05) is 0 Å². The summed E-state index contributed by atoms with van der Waals surface area (Å²) in [5.41, 5.74) is 0.801. The summed E-state index contributed by atoms with van der Waals surface area (Å²) in [6.07, 6.45) is 0. The smallest absolute Gasteiger partial charge is 0.266 e. The van der Waals surface area contributed by atoms with Gasteiger partial charge in [0.2, 0.25) is 10.0 Å². The Kier molecular flexibility index (Phi) is 5.24. The maximum absolute atomic E-state index is 13.0. The van der Waals surface area contributed by atoms with E-state index >= 15 is 0 Å². The lowest BCUT2D eigenvalue weighted by Gasteiger charge is -2.09. The molecule has 8 heteroatoms. The molecule has 0 bridgehead atoms. The normalized spacial score (nSPS) is 11.4. The highest BCUT2D eigenvalue weighted by atomic mass is 32.2. The van der Waals surface area contributed by atoms with Gasteiger partial charge in [0.25, 0.3) is 5.56 Å². The summed E-state index contributed by atoms with van der Waals surface area (Å²) >= 11 is 0. The molecule has 3 aromatic rings. The number of nitrogens with zero attached hydrogens (tertiary/aromatic N) is 2. The van der Waals surface area contributed by atoms with Crippen LogP contribution in [0, 0.1) is 5.82 Å². The number of hydrogen-bond acceptors (Lipinski definition) is 4. The van der Waals surface area contributed by atoms with Gasteiger partial charge in [0.05, 0.1) is 17.1 Å². The van der Waals surface area contributed by atoms with Gasteiger partial charge in [-0.25, -0.2) is 22.2 Å². The Morgan fingerprint density at radius 2 is 1.65 bits per heavy atom. The van der Waals surface area contributed by atoms with E-state index in [2.05, 4.69) is 9.82 Å². The zero-order valence-corrected chi connectivity index (χ0v) is 14.5. The second kappa shape index (κ2) is 7.59. The number of benzene rings is 2. The molecule has 0 unspecified atom stereocenters. The molecular weight excluding hydrogens is 357 g/mol. The molecule has 0 aliphatic rings. The van der Waals surface area contributed by atoms with Crippen LogP contribution < -0.4 is 10.3 Å². The summed E-state index contributed by atoms with van der Waals surface area (Å²) in [6.45, 7) is 0.0803. The molecule has 134 valence electrons. The average molecular weight is 373 g/mol. The van der Waals surface area contributed by atoms with E-state index in [0.717, 1.165) is 0 Å². The summed E-state index contributed by atoms with van der Waals surface area (Å²) in [6, 6.07) is 16.6. The number of aromatic nitrogens is 2. The highest BCUT2D eigenvalue weighted by Crippen LogP contribution is 2.15. The van der Waals surface area contributed by atoms with Gasteiger partial charge in [-0.1, -0.05) is 18.2 Å². The second-order valence-electron chi connectivity index (χ2n) is 5.50. The molecule has 0 amide bonds. The number of rotatable bonds is 6. The summed E-state index contributed by atoms with van der Waals surface area (Å²) < 4.78 is 41.0. The summed E-state index contributed by atoms with van der Waals surface area (Å²) in [7, 11) is -3.65. The van der Waals surface area contributed by atoms with Gasteiger partial charge in [0.15, 0.2) is 0 Å². The van der Waals surface area contributed by atoms with Gasteiger partial charge in [-0.05, 0) is 42.5 Å². The molecule has 0 spiro atoms. The predicted molar refractivity (Wildman–Crippen MR) is 95.5 cm³/mol. The lowest BCUT2D eigenvalue weighted by molar-refractivity contribution is 0.548. The first-order chi connectivity index (χ1) is 12.5. The lowest BCUT2D eigenvalue weighted by Crippen LogP contribution is -2.32. The van der Waals surface area contributed by atoms with Crippen LogP contribution in [0.2, 0.25) is 0 Å². The fraction of sp³-hybridized carbons (Fsp3) is 0.111. The number of hydrogen-bond donors (Lipinski definition) is 1. The van der Waals surface area contributed by atoms with Crippen molar-refractivity contribution in [1.82, 2.24) is 14.5 Å². The van der Waals surface area contributed by atoms with Crippen molar-refractivity contribution in [1.29, 1.82) is 0 Å². The molecule has 3 rings (SSSR count). The molecule has 1 N–H and O–H groups in total. The third-order valence-corrected chi connectivity index (χ3v) is 5.15. The third kappa shape index (κ3) is 4.22. The molecule has 2 aromatic carbocycles. The first-order valence-corrected chi connectivity index (χ1v) is 9.33. The topological polar surface area (TPSA) is 81.1 Å². The minimum Gasteiger partial charge on any atom is -0.268 e. The fourth-order valence-corrected chi connectivity index (χ4v) is 3.39. The van der Waals surface area contributed by atoms with E-state index < -0.39 is 10.0 Å². The van der Waals surface area contributed by atoms with Gasteiger partial charge < -0.3 is 0 Å². The molecule has 1 aromatic heterocycles. The summed E-state index contributed by atoms with van der Waals surface area (Å²) in [4.78, 5) is 12.1. The Labute approximate surface area is 150 Å². The lowest BCUT2D eigenvalue weighted by atomic mass is 10.1. The van der Waals surface area contributed by atoms with Crippen molar-refractivity contribution in [3.63, 3.8) is 0 Å². The van der Waals surface area contributed by atoms with Crippen LogP contribution in [0.5, 0.6) is 0 Å². The van der Waals surface area contributed by atoms with Gasteiger partial charge in [-0.15, -0.1) is 0 Å². The van der Waals surface area contributed by atoms with Crippen LogP contribution >= 0.6 is 0 Å². The third-order valence-electron chi connectivity index (χ3n) is 3.68. The molecule has 0 saturated carbocycles. The molecule has 1 heterocycles. The minimum absolute atomic E-state index is 0.0109. The van der Waals surface area contributed by atoms with Gasteiger partial charge in [-0.2, -0.15) is 5.10 Å². The molecule has 0 fully saturated rings. The van der Waals surface area contributed by atoms with Crippen molar-refractivity contribution < 1.29 is 12.8 Å². The predicted octanol–water partition coefficient (Wildman–Crippen LogP) is 2.03. The molecule has 0 aliphatic heterocycles. The van der Waals surface area contributed by atoms with Crippen molar-refractivity contribution in [2.24, 2.45) is 0 Å².